The molecule has 0 saturated heterocycles. The number of benzene rings is 1. The predicted molar refractivity (Wildman–Crippen MR) is 90.5 cm³/mol. The second kappa shape index (κ2) is 9.34. The number of rotatable bonds is 7. The SMILES string of the molecule is COC(=O)C(=Nc1ccccc1)C(C(=O)OC)=P(OC)(OC)OC. The molecule has 0 fully saturated rings. The van der Waals surface area contributed by atoms with Crippen molar-refractivity contribution in [1.82, 2.24) is 0 Å². The summed E-state index contributed by atoms with van der Waals surface area (Å²) in [4.78, 5) is 28.8. The summed E-state index contributed by atoms with van der Waals surface area (Å²) < 4.78 is 25.3. The first kappa shape index (κ1) is 20.1. The highest BCUT2D eigenvalue weighted by Crippen LogP contribution is 2.51. The molecule has 1 rings (SSSR count). The van der Waals surface area contributed by atoms with Crippen LogP contribution in [0.1, 0.15) is 0 Å². The highest BCUT2D eigenvalue weighted by molar-refractivity contribution is 7.67. The molecule has 8 nitrogen and oxygen atoms in total. The Balaban J connectivity index is 3.78. The molecule has 0 unspecified atom stereocenters. The summed E-state index contributed by atoms with van der Waals surface area (Å²) in [6.07, 6.45) is 0. The minimum Gasteiger partial charge on any atom is -0.465 e. The lowest BCUT2D eigenvalue weighted by atomic mass is 10.2. The van der Waals surface area contributed by atoms with Crippen molar-refractivity contribution in [3.8, 4) is 0 Å². The van der Waals surface area contributed by atoms with Crippen molar-refractivity contribution in [2.45, 2.75) is 0 Å². The molecule has 0 amide bonds. The summed E-state index contributed by atoms with van der Waals surface area (Å²) >= 11 is 0. The lowest BCUT2D eigenvalue weighted by Crippen LogP contribution is -2.34. The summed E-state index contributed by atoms with van der Waals surface area (Å²) in [6, 6.07) is 8.57. The van der Waals surface area contributed by atoms with Crippen LogP contribution in [0.15, 0.2) is 35.3 Å². The molecule has 0 aromatic heterocycles. The highest BCUT2D eigenvalue weighted by atomic mass is 31.2. The smallest absolute Gasteiger partial charge is 0.357 e. The van der Waals surface area contributed by atoms with Crippen LogP contribution in [0.5, 0.6) is 0 Å². The van der Waals surface area contributed by atoms with Crippen molar-refractivity contribution in [3.05, 3.63) is 30.3 Å². The van der Waals surface area contributed by atoms with Gasteiger partial charge in [-0.25, -0.2) is 14.6 Å². The van der Waals surface area contributed by atoms with Crippen molar-refractivity contribution in [3.63, 3.8) is 0 Å². The Bertz CT molecular complexity index is 651. The molecule has 24 heavy (non-hydrogen) atoms. The third-order valence-electron chi connectivity index (χ3n) is 2.97. The Morgan fingerprint density at radius 1 is 0.833 bits per heavy atom. The molecular formula is C15H20NO7P. The van der Waals surface area contributed by atoms with Gasteiger partial charge in [-0.15, -0.1) is 0 Å². The van der Waals surface area contributed by atoms with Crippen molar-refractivity contribution in [1.29, 1.82) is 0 Å². The van der Waals surface area contributed by atoms with E-state index in [-0.39, 0.29) is 11.0 Å². The lowest BCUT2D eigenvalue weighted by Gasteiger charge is -2.23. The summed E-state index contributed by atoms with van der Waals surface area (Å²) in [5, 5.41) is -0.270. The number of ether oxygens (including phenoxy) is 2. The molecular weight excluding hydrogens is 337 g/mol. The topological polar surface area (TPSA) is 92.7 Å². The van der Waals surface area contributed by atoms with Gasteiger partial charge >= 0.3 is 11.9 Å². The second-order valence-corrected chi connectivity index (χ2v) is 6.71. The van der Waals surface area contributed by atoms with Crippen LogP contribution in [-0.4, -0.2) is 58.5 Å². The molecule has 0 radical (unpaired) electrons. The molecule has 132 valence electrons. The van der Waals surface area contributed by atoms with Gasteiger partial charge in [-0.05, 0) is 12.1 Å². The van der Waals surface area contributed by atoms with Crippen LogP contribution in [0.2, 0.25) is 0 Å². The van der Waals surface area contributed by atoms with Crippen LogP contribution in [0.3, 0.4) is 0 Å². The fraction of sp³-hybridized carbons (Fsp3) is 0.333. The van der Waals surface area contributed by atoms with Gasteiger partial charge in [0.25, 0.3) is 7.57 Å². The van der Waals surface area contributed by atoms with E-state index in [1.165, 1.54) is 28.4 Å². The maximum Gasteiger partial charge on any atom is 0.357 e. The van der Waals surface area contributed by atoms with Gasteiger partial charge in [0.05, 0.1) is 19.9 Å². The maximum atomic E-state index is 12.3. The number of para-hydroxylation sites is 1. The Morgan fingerprint density at radius 3 is 1.75 bits per heavy atom. The minimum absolute atomic E-state index is 0.270. The summed E-state index contributed by atoms with van der Waals surface area (Å²) in [6.45, 7) is 0. The summed E-state index contributed by atoms with van der Waals surface area (Å²) in [5.41, 5.74) is 0.121. The predicted octanol–water partition coefficient (Wildman–Crippen LogP) is 1.98. The van der Waals surface area contributed by atoms with Crippen molar-refractivity contribution in [2.75, 3.05) is 35.5 Å². The normalized spacial score (nSPS) is 11.8. The van der Waals surface area contributed by atoms with Crippen molar-refractivity contribution >= 4 is 36.2 Å². The Morgan fingerprint density at radius 2 is 1.33 bits per heavy atom. The quantitative estimate of drug-likeness (QED) is 0.418. The first-order valence-electron chi connectivity index (χ1n) is 6.74. The number of carbonyl (C=O) groups is 2. The van der Waals surface area contributed by atoms with Crippen LogP contribution >= 0.6 is 7.57 Å². The number of aliphatic imine (C=N–C) groups is 1. The van der Waals surface area contributed by atoms with E-state index in [0.717, 1.165) is 7.11 Å². The van der Waals surface area contributed by atoms with Crippen LogP contribution in [0.25, 0.3) is 0 Å². The van der Waals surface area contributed by atoms with E-state index in [9.17, 15) is 9.59 Å². The van der Waals surface area contributed by atoms with Gasteiger partial charge in [0.2, 0.25) is 0 Å². The highest BCUT2D eigenvalue weighted by Gasteiger charge is 2.37. The van der Waals surface area contributed by atoms with Gasteiger partial charge in [0.15, 0.2) is 11.0 Å². The number of methoxy groups -OCH3 is 2. The van der Waals surface area contributed by atoms with E-state index in [1.807, 2.05) is 0 Å². The standard InChI is InChI=1S/C15H20NO7P/c1-19-14(17)12(16-11-9-7-6-8-10-11)13(15(18)20-2)24(21-3,22-4)23-5/h6-10H,1-5H3. The van der Waals surface area contributed by atoms with Gasteiger partial charge in [-0.3, -0.25) is 0 Å². The summed E-state index contributed by atoms with van der Waals surface area (Å²) in [5.74, 6) is -1.72. The number of hydrogen-bond donors (Lipinski definition) is 0. The Hall–Kier alpha value is -1.99. The molecule has 0 heterocycles. The molecule has 0 N–H and O–H groups in total. The number of carbonyl (C=O) groups excluding carboxylic acids is 2. The van der Waals surface area contributed by atoms with Crippen LogP contribution in [-0.2, 0) is 32.6 Å². The molecule has 0 aliphatic heterocycles. The minimum atomic E-state index is -3.37. The van der Waals surface area contributed by atoms with Gasteiger partial charge in [-0.1, -0.05) is 18.2 Å². The Labute approximate surface area is 140 Å². The first-order valence-corrected chi connectivity index (χ1v) is 8.28. The third kappa shape index (κ3) is 4.30. The van der Waals surface area contributed by atoms with Crippen molar-refractivity contribution in [2.24, 2.45) is 4.99 Å². The average molecular weight is 357 g/mol. The van der Waals surface area contributed by atoms with E-state index in [1.54, 1.807) is 30.3 Å². The zero-order valence-electron chi connectivity index (χ0n) is 14.1. The van der Waals surface area contributed by atoms with Crippen LogP contribution in [0.4, 0.5) is 5.69 Å². The molecule has 1 aromatic carbocycles. The molecule has 0 aliphatic rings. The van der Waals surface area contributed by atoms with Gasteiger partial charge in [-0.2, -0.15) is 0 Å². The molecule has 0 saturated carbocycles. The lowest BCUT2D eigenvalue weighted by molar-refractivity contribution is -0.134. The molecule has 9 heteroatoms. The van der Waals surface area contributed by atoms with Gasteiger partial charge in [0, 0.05) is 21.3 Å². The largest absolute Gasteiger partial charge is 0.465 e. The number of nitrogens with zero attached hydrogens (tertiary/aromatic N) is 1. The van der Waals surface area contributed by atoms with Crippen LogP contribution in [0, 0.1) is 0 Å². The molecule has 0 spiro atoms. The van der Waals surface area contributed by atoms with Crippen LogP contribution < -0.4 is 0 Å². The van der Waals surface area contributed by atoms with E-state index in [0.29, 0.717) is 5.69 Å². The zero-order chi connectivity index (χ0) is 18.2. The Kier molecular flexibility index (Phi) is 7.81. The zero-order valence-corrected chi connectivity index (χ0v) is 15.0. The first-order chi connectivity index (χ1) is 11.5. The molecule has 0 bridgehead atoms. The van der Waals surface area contributed by atoms with Gasteiger partial charge < -0.3 is 23.0 Å². The van der Waals surface area contributed by atoms with E-state index in [4.69, 9.17) is 23.0 Å². The molecule has 0 atom stereocenters. The average Bonchev–Trinajstić information content (AvgIpc) is 2.64. The fourth-order valence-electron chi connectivity index (χ4n) is 1.86. The monoisotopic (exact) mass is 357 g/mol. The van der Waals surface area contributed by atoms with E-state index < -0.39 is 19.5 Å². The second-order valence-electron chi connectivity index (χ2n) is 4.17. The maximum absolute atomic E-state index is 12.3. The fourth-order valence-corrected chi connectivity index (χ4v) is 3.57. The molecule has 1 aromatic rings. The summed E-state index contributed by atoms with van der Waals surface area (Å²) in [7, 11) is 2.84. The number of esters is 2. The third-order valence-corrected chi connectivity index (χ3v) is 5.36. The molecule has 0 aliphatic carbocycles. The van der Waals surface area contributed by atoms with E-state index >= 15 is 0 Å². The number of hydrogen-bond acceptors (Lipinski definition) is 8. The van der Waals surface area contributed by atoms with E-state index in [2.05, 4.69) is 4.99 Å². The van der Waals surface area contributed by atoms with Crippen molar-refractivity contribution < 1.29 is 32.6 Å². The van der Waals surface area contributed by atoms with Gasteiger partial charge in [0.1, 0.15) is 0 Å².